The third kappa shape index (κ3) is 4.88. The van der Waals surface area contributed by atoms with E-state index in [9.17, 15) is 24.0 Å². The summed E-state index contributed by atoms with van der Waals surface area (Å²) in [7, 11) is 5.88. The van der Waals surface area contributed by atoms with Crippen molar-refractivity contribution in [1.29, 1.82) is 0 Å². The van der Waals surface area contributed by atoms with Crippen molar-refractivity contribution >= 4 is 46.0 Å². The standard InChI is InChI=1S/C34H34Cl2N6O9/c1-38-23-16-26(50-4)25(49-3)15-22(23)37-21(28(38)44)10-11-40-31(47)41-12-9-20-24(42(41)32(40)48)17-33(35)29(45)39(2)30(46)34(33,36)27(20)18-5-7-19(8-6-18)51-14-13-43/h5-9,15-16,24,27,43H,10-14,17H2,1-4H3/t24-,27+,33-,34+/m1/s1. The number of hydrogen-bond acceptors (Lipinski definition) is 10. The van der Waals surface area contributed by atoms with E-state index in [1.165, 1.54) is 35.2 Å². The second-order valence-electron chi connectivity index (χ2n) is 12.7. The molecule has 2 amide bonds. The minimum atomic E-state index is -1.97. The smallest absolute Gasteiger partial charge is 0.347 e. The highest BCUT2D eigenvalue weighted by Crippen LogP contribution is 2.63. The van der Waals surface area contributed by atoms with Gasteiger partial charge in [0, 0.05) is 51.5 Å². The summed E-state index contributed by atoms with van der Waals surface area (Å²) in [4.78, 5) is 70.3. The van der Waals surface area contributed by atoms with Crippen molar-refractivity contribution in [2.45, 2.75) is 47.6 Å². The van der Waals surface area contributed by atoms with E-state index >= 15 is 0 Å². The van der Waals surface area contributed by atoms with E-state index in [1.807, 2.05) is 0 Å². The lowest BCUT2D eigenvalue weighted by molar-refractivity contribution is -0.137. The summed E-state index contributed by atoms with van der Waals surface area (Å²) in [6, 6.07) is 9.05. The average molecular weight is 742 g/mol. The second-order valence-corrected chi connectivity index (χ2v) is 13.9. The number of fused-ring (bicyclic) bond motifs is 5. The van der Waals surface area contributed by atoms with Gasteiger partial charge < -0.3 is 23.9 Å². The van der Waals surface area contributed by atoms with Gasteiger partial charge in [-0.05, 0) is 23.3 Å². The number of alkyl halides is 2. The Morgan fingerprint density at radius 2 is 1.65 bits per heavy atom. The van der Waals surface area contributed by atoms with Crippen LogP contribution in [0.15, 0.2) is 62.4 Å². The summed E-state index contributed by atoms with van der Waals surface area (Å²) in [5.74, 6) is -1.05. The Morgan fingerprint density at radius 1 is 0.961 bits per heavy atom. The predicted molar refractivity (Wildman–Crippen MR) is 185 cm³/mol. The number of nitrogens with zero attached hydrogens (tertiary/aromatic N) is 6. The van der Waals surface area contributed by atoms with Crippen LogP contribution in [-0.2, 0) is 36.1 Å². The molecule has 2 fully saturated rings. The summed E-state index contributed by atoms with van der Waals surface area (Å²) in [5, 5.41) is 9.15. The summed E-state index contributed by atoms with van der Waals surface area (Å²) >= 11 is 14.4. The Labute approximate surface area is 299 Å². The van der Waals surface area contributed by atoms with Crippen molar-refractivity contribution in [2.24, 2.45) is 7.05 Å². The van der Waals surface area contributed by atoms with Crippen LogP contribution in [0.4, 0.5) is 0 Å². The molecule has 4 aromatic rings. The molecule has 1 saturated carbocycles. The Kier molecular flexibility index (Phi) is 8.42. The van der Waals surface area contributed by atoms with Crippen LogP contribution in [-0.4, -0.2) is 89.5 Å². The molecule has 17 heteroatoms. The molecule has 4 atom stereocenters. The Morgan fingerprint density at radius 3 is 2.31 bits per heavy atom. The highest BCUT2D eigenvalue weighted by Gasteiger charge is 2.74. The van der Waals surface area contributed by atoms with Crippen LogP contribution >= 0.6 is 23.2 Å². The first kappa shape index (κ1) is 34.6. The third-order valence-electron chi connectivity index (χ3n) is 10.2. The molecule has 1 N–H and O–H groups in total. The molecule has 1 saturated heterocycles. The van der Waals surface area contributed by atoms with Gasteiger partial charge >= 0.3 is 11.4 Å². The first-order chi connectivity index (χ1) is 24.3. The number of aryl methyl sites for hydroxylation is 2. The number of amides is 2. The largest absolute Gasteiger partial charge is 0.493 e. The SMILES string of the molecule is COc1cc2nc(CCn3c(=O)n4n(c3=O)[C@@H]3C[C@@]5(Cl)C(=O)N(C)C(=O)[C@@]5(Cl)[C@@H](c5ccc(OCCO)cc5)C3=CC4)c(=O)n(C)c2cc1OC. The topological polar surface area (TPSA) is 169 Å². The Balaban J connectivity index is 1.28. The summed E-state index contributed by atoms with van der Waals surface area (Å²) in [5.41, 5.74) is 0.465. The molecule has 4 heterocycles. The van der Waals surface area contributed by atoms with Gasteiger partial charge in [-0.15, -0.1) is 23.2 Å². The molecule has 2 aliphatic heterocycles. The number of aromatic nitrogens is 5. The van der Waals surface area contributed by atoms with Gasteiger partial charge in [0.15, 0.2) is 21.2 Å². The number of ether oxygens (including phenoxy) is 3. The van der Waals surface area contributed by atoms with E-state index in [-0.39, 0.29) is 44.8 Å². The minimum Gasteiger partial charge on any atom is -0.493 e. The lowest BCUT2D eigenvalue weighted by Crippen LogP contribution is -2.59. The van der Waals surface area contributed by atoms with Gasteiger partial charge in [-0.25, -0.2) is 28.5 Å². The molecule has 0 unspecified atom stereocenters. The number of rotatable bonds is 9. The van der Waals surface area contributed by atoms with Gasteiger partial charge in [-0.1, -0.05) is 18.2 Å². The molecule has 0 spiro atoms. The zero-order valence-corrected chi connectivity index (χ0v) is 29.6. The van der Waals surface area contributed by atoms with Gasteiger partial charge in [0.2, 0.25) is 0 Å². The number of carbonyl (C=O) groups is 2. The van der Waals surface area contributed by atoms with Crippen LogP contribution in [0.25, 0.3) is 11.0 Å². The van der Waals surface area contributed by atoms with Crippen molar-refractivity contribution < 1.29 is 28.9 Å². The minimum absolute atomic E-state index is 0.0288. The van der Waals surface area contributed by atoms with Gasteiger partial charge in [-0.2, -0.15) is 0 Å². The fourth-order valence-corrected chi connectivity index (χ4v) is 8.63. The van der Waals surface area contributed by atoms with Crippen molar-refractivity contribution in [3.8, 4) is 17.2 Å². The fraction of sp³-hybridized carbons (Fsp3) is 0.412. The number of imide groups is 1. The normalized spacial score (nSPS) is 23.9. The molecule has 51 heavy (non-hydrogen) atoms. The number of likely N-dealkylation sites (tertiary alicyclic amines) is 1. The van der Waals surface area contributed by atoms with Gasteiger partial charge in [0.1, 0.15) is 18.1 Å². The summed E-state index contributed by atoms with van der Waals surface area (Å²) < 4.78 is 21.2. The third-order valence-corrected chi connectivity index (χ3v) is 11.6. The lowest BCUT2D eigenvalue weighted by atomic mass is 9.64. The van der Waals surface area contributed by atoms with Gasteiger partial charge in [-0.3, -0.25) is 19.3 Å². The maximum Gasteiger partial charge on any atom is 0.347 e. The Bertz CT molecular complexity index is 2330. The van der Waals surface area contributed by atoms with E-state index in [1.54, 1.807) is 49.5 Å². The lowest BCUT2D eigenvalue weighted by Gasteiger charge is -2.49. The van der Waals surface area contributed by atoms with Crippen LogP contribution < -0.4 is 31.1 Å². The molecule has 0 radical (unpaired) electrons. The molecule has 268 valence electrons. The number of aliphatic hydroxyl groups is 1. The average Bonchev–Trinajstić information content (AvgIpc) is 3.45. The number of benzene rings is 2. The number of carbonyl (C=O) groups excluding carboxylic acids is 2. The first-order valence-electron chi connectivity index (χ1n) is 16.1. The molecule has 1 aliphatic carbocycles. The monoisotopic (exact) mass is 740 g/mol. The van der Waals surface area contributed by atoms with E-state index in [4.69, 9.17) is 42.5 Å². The highest BCUT2D eigenvalue weighted by atomic mass is 35.5. The van der Waals surface area contributed by atoms with Gasteiger partial charge in [0.25, 0.3) is 17.4 Å². The van der Waals surface area contributed by atoms with Crippen molar-refractivity contribution in [3.63, 3.8) is 0 Å². The van der Waals surface area contributed by atoms with E-state index < -0.39 is 50.5 Å². The fourth-order valence-electron chi connectivity index (χ4n) is 7.63. The quantitative estimate of drug-likeness (QED) is 0.150. The summed E-state index contributed by atoms with van der Waals surface area (Å²) in [6.45, 7) is -0.306. The number of hydrogen-bond donors (Lipinski definition) is 1. The van der Waals surface area contributed by atoms with Crippen LogP contribution in [0.3, 0.4) is 0 Å². The van der Waals surface area contributed by atoms with Crippen LogP contribution in [0.2, 0.25) is 0 Å². The predicted octanol–water partition coefficient (Wildman–Crippen LogP) is 1.31. The van der Waals surface area contributed by atoms with Crippen LogP contribution in [0.1, 0.15) is 29.6 Å². The molecular weight excluding hydrogens is 707 g/mol. The van der Waals surface area contributed by atoms with Gasteiger partial charge in [0.05, 0.1) is 44.4 Å². The molecule has 2 aromatic carbocycles. The molecule has 2 aromatic heterocycles. The van der Waals surface area contributed by atoms with E-state index in [0.29, 0.717) is 39.4 Å². The zero-order chi connectivity index (χ0) is 36.6. The van der Waals surface area contributed by atoms with Crippen molar-refractivity contribution in [3.05, 3.63) is 90.6 Å². The number of allylic oxidation sites excluding steroid dienone is 2. The maximum absolute atomic E-state index is 14.2. The van der Waals surface area contributed by atoms with Crippen molar-refractivity contribution in [2.75, 3.05) is 34.5 Å². The number of halogens is 2. The molecule has 3 aliphatic rings. The molecular formula is C34H34Cl2N6O9. The molecule has 0 bridgehead atoms. The van der Waals surface area contributed by atoms with Crippen LogP contribution in [0.5, 0.6) is 17.2 Å². The van der Waals surface area contributed by atoms with E-state index in [0.717, 1.165) is 9.47 Å². The van der Waals surface area contributed by atoms with Crippen LogP contribution in [0, 0.1) is 0 Å². The van der Waals surface area contributed by atoms with Crippen molar-refractivity contribution in [1.82, 2.24) is 28.4 Å². The number of aliphatic hydroxyl groups excluding tert-OH is 1. The summed E-state index contributed by atoms with van der Waals surface area (Å²) in [6.07, 6.45) is 1.46. The highest BCUT2D eigenvalue weighted by molar-refractivity contribution is 6.53. The molecule has 7 rings (SSSR count). The zero-order valence-electron chi connectivity index (χ0n) is 28.1. The first-order valence-corrected chi connectivity index (χ1v) is 16.9. The Hall–Kier alpha value is -4.86. The second kappa shape index (κ2) is 12.4. The maximum atomic E-state index is 14.2. The number of methoxy groups -OCH3 is 2. The molecule has 15 nitrogen and oxygen atoms in total. The van der Waals surface area contributed by atoms with E-state index in [2.05, 4.69) is 4.98 Å².